The van der Waals surface area contributed by atoms with Crippen molar-refractivity contribution < 1.29 is 24.1 Å². The molecule has 132 valence electrons. The molecule has 8 nitrogen and oxygen atoms in total. The number of H-pyrrole nitrogens is 1. The number of aliphatic hydroxyl groups is 2. The van der Waals surface area contributed by atoms with Gasteiger partial charge in [0, 0.05) is 0 Å². The summed E-state index contributed by atoms with van der Waals surface area (Å²) in [5.74, 6) is -1.19. The van der Waals surface area contributed by atoms with Crippen LogP contribution >= 0.6 is 0 Å². The zero-order chi connectivity index (χ0) is 17.8. The minimum Gasteiger partial charge on any atom is -0.394 e. The van der Waals surface area contributed by atoms with Crippen molar-refractivity contribution in [3.8, 4) is 0 Å². The Labute approximate surface area is 140 Å². The number of hydrogen-bond acceptors (Lipinski definition) is 6. The standard InChI is InChI=1S/C16H15FN2O6/c17-10-5-19(15(23)18-13(10)22)14-12(21)16(11(6-20)25-14)9-4-2-1-3-8(9)7-24-16/h1-5,11-12,14,20-21H,6-7H2,(H,18,22,23)/t11-,12+,14-,16-/m1/s1. The maximum atomic E-state index is 13.6. The first kappa shape index (κ1) is 16.2. The summed E-state index contributed by atoms with van der Waals surface area (Å²) in [6, 6.07) is 7.15. The molecule has 4 atom stereocenters. The van der Waals surface area contributed by atoms with Gasteiger partial charge in [0.15, 0.2) is 11.8 Å². The Morgan fingerprint density at radius 2 is 2.12 bits per heavy atom. The minimum atomic E-state index is -1.41. The highest BCUT2D eigenvalue weighted by atomic mass is 19.1. The lowest BCUT2D eigenvalue weighted by molar-refractivity contribution is -0.135. The Bertz CT molecular complexity index is 941. The van der Waals surface area contributed by atoms with E-state index >= 15 is 0 Å². The monoisotopic (exact) mass is 350 g/mol. The minimum absolute atomic E-state index is 0.203. The number of ether oxygens (including phenoxy) is 2. The SMILES string of the molecule is O=c1[nH]c(=O)n([C@@H]2O[C@H](CO)[C@@]3(OCc4ccccc43)[C@H]2O)cc1F. The molecule has 0 amide bonds. The Kier molecular flexibility index (Phi) is 3.62. The van der Waals surface area contributed by atoms with Crippen molar-refractivity contribution in [1.82, 2.24) is 9.55 Å². The van der Waals surface area contributed by atoms with Crippen LogP contribution in [0.1, 0.15) is 17.4 Å². The Balaban J connectivity index is 1.84. The van der Waals surface area contributed by atoms with Crippen molar-refractivity contribution in [1.29, 1.82) is 0 Å². The van der Waals surface area contributed by atoms with Gasteiger partial charge in [-0.3, -0.25) is 14.3 Å². The molecule has 3 N–H and O–H groups in total. The third-order valence-corrected chi connectivity index (χ3v) is 4.76. The second-order valence-corrected chi connectivity index (χ2v) is 6.03. The third-order valence-electron chi connectivity index (χ3n) is 4.76. The fourth-order valence-corrected chi connectivity index (χ4v) is 3.61. The molecule has 0 unspecified atom stereocenters. The van der Waals surface area contributed by atoms with E-state index in [2.05, 4.69) is 0 Å². The topological polar surface area (TPSA) is 114 Å². The normalized spacial score (nSPS) is 30.8. The van der Waals surface area contributed by atoms with Crippen LogP contribution in [0.4, 0.5) is 4.39 Å². The lowest BCUT2D eigenvalue weighted by Crippen LogP contribution is -2.47. The molecular weight excluding hydrogens is 335 g/mol. The molecule has 2 aliphatic heterocycles. The molecule has 0 aliphatic carbocycles. The summed E-state index contributed by atoms with van der Waals surface area (Å²) >= 11 is 0. The van der Waals surface area contributed by atoms with Gasteiger partial charge in [-0.2, -0.15) is 4.39 Å². The van der Waals surface area contributed by atoms with E-state index in [-0.39, 0.29) is 6.61 Å². The van der Waals surface area contributed by atoms with Crippen molar-refractivity contribution in [3.63, 3.8) is 0 Å². The molecule has 1 fully saturated rings. The number of aromatic amines is 1. The Hall–Kier alpha value is -2.33. The second-order valence-electron chi connectivity index (χ2n) is 6.03. The van der Waals surface area contributed by atoms with Crippen LogP contribution in [-0.2, 0) is 21.7 Å². The highest BCUT2D eigenvalue weighted by molar-refractivity contribution is 5.39. The number of halogens is 1. The second kappa shape index (κ2) is 5.60. The average Bonchev–Trinajstić information content (AvgIpc) is 3.12. The summed E-state index contributed by atoms with van der Waals surface area (Å²) in [4.78, 5) is 25.0. The zero-order valence-corrected chi connectivity index (χ0v) is 12.9. The number of benzene rings is 1. The van der Waals surface area contributed by atoms with E-state index in [1.165, 1.54) is 0 Å². The molecule has 3 heterocycles. The van der Waals surface area contributed by atoms with E-state index in [1.54, 1.807) is 12.1 Å². The highest BCUT2D eigenvalue weighted by Crippen LogP contribution is 2.51. The van der Waals surface area contributed by atoms with Gasteiger partial charge in [0.2, 0.25) is 5.82 Å². The lowest BCUT2D eigenvalue weighted by atomic mass is 9.84. The van der Waals surface area contributed by atoms with Crippen molar-refractivity contribution in [2.75, 3.05) is 6.61 Å². The van der Waals surface area contributed by atoms with Gasteiger partial charge < -0.3 is 19.7 Å². The molecular formula is C16H15FN2O6. The highest BCUT2D eigenvalue weighted by Gasteiger charge is 2.61. The fourth-order valence-electron chi connectivity index (χ4n) is 3.61. The number of fused-ring (bicyclic) bond motifs is 2. The van der Waals surface area contributed by atoms with Gasteiger partial charge >= 0.3 is 5.69 Å². The Morgan fingerprint density at radius 1 is 1.36 bits per heavy atom. The molecule has 0 radical (unpaired) electrons. The fraction of sp³-hybridized carbons (Fsp3) is 0.375. The summed E-state index contributed by atoms with van der Waals surface area (Å²) in [5.41, 5.74) is -2.02. The van der Waals surface area contributed by atoms with Crippen molar-refractivity contribution in [3.05, 3.63) is 68.2 Å². The molecule has 0 bridgehead atoms. The predicted molar refractivity (Wildman–Crippen MR) is 81.2 cm³/mol. The van der Waals surface area contributed by atoms with Gasteiger partial charge in [0.05, 0.1) is 19.4 Å². The van der Waals surface area contributed by atoms with Crippen LogP contribution in [0.15, 0.2) is 40.1 Å². The molecule has 2 aromatic rings. The van der Waals surface area contributed by atoms with Crippen LogP contribution in [0, 0.1) is 5.82 Å². The van der Waals surface area contributed by atoms with Gasteiger partial charge in [-0.25, -0.2) is 4.79 Å². The van der Waals surface area contributed by atoms with Crippen molar-refractivity contribution >= 4 is 0 Å². The van der Waals surface area contributed by atoms with Crippen molar-refractivity contribution in [2.24, 2.45) is 0 Å². The van der Waals surface area contributed by atoms with E-state index in [0.29, 0.717) is 11.8 Å². The summed E-state index contributed by atoms with van der Waals surface area (Å²) < 4.78 is 25.8. The molecule has 1 spiro atoms. The first-order chi connectivity index (χ1) is 12.0. The van der Waals surface area contributed by atoms with E-state index in [9.17, 15) is 24.2 Å². The molecule has 0 saturated carbocycles. The number of nitrogens with one attached hydrogen (secondary N) is 1. The maximum Gasteiger partial charge on any atom is 0.330 e. The molecule has 1 aromatic heterocycles. The van der Waals surface area contributed by atoms with Crippen LogP contribution in [0.5, 0.6) is 0 Å². The van der Waals surface area contributed by atoms with Gasteiger partial charge in [-0.05, 0) is 11.1 Å². The summed E-state index contributed by atoms with van der Waals surface area (Å²) in [7, 11) is 0. The quantitative estimate of drug-likeness (QED) is 0.663. The number of rotatable bonds is 2. The van der Waals surface area contributed by atoms with Gasteiger partial charge in [-0.15, -0.1) is 0 Å². The molecule has 9 heteroatoms. The summed E-state index contributed by atoms with van der Waals surface area (Å²) in [6.45, 7) is -0.281. The number of nitrogens with zero attached hydrogens (tertiary/aromatic N) is 1. The lowest BCUT2D eigenvalue weighted by Gasteiger charge is -2.31. The first-order valence-electron chi connectivity index (χ1n) is 7.66. The van der Waals surface area contributed by atoms with Crippen LogP contribution in [0.3, 0.4) is 0 Å². The van der Waals surface area contributed by atoms with E-state index in [4.69, 9.17) is 9.47 Å². The maximum absolute atomic E-state index is 13.6. The Morgan fingerprint density at radius 3 is 2.88 bits per heavy atom. The summed E-state index contributed by atoms with van der Waals surface area (Å²) in [6.07, 6.45) is -3.04. The zero-order valence-electron chi connectivity index (χ0n) is 12.9. The molecule has 25 heavy (non-hydrogen) atoms. The molecule has 2 aliphatic rings. The van der Waals surface area contributed by atoms with Crippen molar-refractivity contribution in [2.45, 2.75) is 30.6 Å². The number of hydrogen-bond donors (Lipinski definition) is 3. The van der Waals surface area contributed by atoms with E-state index in [0.717, 1.165) is 10.1 Å². The third kappa shape index (κ3) is 2.13. The predicted octanol–water partition coefficient (Wildman–Crippen LogP) is -0.648. The van der Waals surface area contributed by atoms with Crippen LogP contribution in [-0.4, -0.2) is 38.6 Å². The summed E-state index contributed by atoms with van der Waals surface area (Å²) in [5, 5.41) is 20.6. The van der Waals surface area contributed by atoms with Gasteiger partial charge in [0.25, 0.3) is 5.56 Å². The largest absolute Gasteiger partial charge is 0.394 e. The molecule has 4 rings (SSSR count). The van der Waals surface area contributed by atoms with Crippen LogP contribution < -0.4 is 11.2 Å². The van der Waals surface area contributed by atoms with E-state index < -0.39 is 47.7 Å². The molecule has 1 aromatic carbocycles. The molecule has 1 saturated heterocycles. The average molecular weight is 350 g/mol. The van der Waals surface area contributed by atoms with Crippen LogP contribution in [0.25, 0.3) is 0 Å². The van der Waals surface area contributed by atoms with E-state index in [1.807, 2.05) is 17.1 Å². The van der Waals surface area contributed by atoms with Crippen LogP contribution in [0.2, 0.25) is 0 Å². The first-order valence-corrected chi connectivity index (χ1v) is 7.66. The van der Waals surface area contributed by atoms with Gasteiger partial charge in [0.1, 0.15) is 12.2 Å². The number of aliphatic hydroxyl groups excluding tert-OH is 2. The number of aromatic nitrogens is 2. The smallest absolute Gasteiger partial charge is 0.330 e. The van der Waals surface area contributed by atoms with Gasteiger partial charge in [-0.1, -0.05) is 24.3 Å².